The molecule has 0 saturated carbocycles. The van der Waals surface area contributed by atoms with Crippen molar-refractivity contribution in [3.05, 3.63) is 64.1 Å². The van der Waals surface area contributed by atoms with Gasteiger partial charge in [0.2, 0.25) is 5.88 Å². The summed E-state index contributed by atoms with van der Waals surface area (Å²) in [7, 11) is -1.19. The number of aromatic nitrogens is 3. The quantitative estimate of drug-likeness (QED) is 0.454. The minimum absolute atomic E-state index is 0.405. The monoisotopic (exact) mass is 454 g/mol. The number of hydrogen-bond acceptors (Lipinski definition) is 9. The molecule has 4 heterocycles. The van der Waals surface area contributed by atoms with Crippen molar-refractivity contribution in [2.45, 2.75) is 19.8 Å². The van der Waals surface area contributed by atoms with E-state index in [0.717, 1.165) is 35.9 Å². The molecular weight excluding hydrogens is 428 g/mol. The van der Waals surface area contributed by atoms with Crippen molar-refractivity contribution in [1.82, 2.24) is 20.4 Å². The maximum atomic E-state index is 12.3. The second-order valence-electron chi connectivity index (χ2n) is 7.10. The van der Waals surface area contributed by atoms with Gasteiger partial charge in [0.15, 0.2) is 5.82 Å². The zero-order valence-electron chi connectivity index (χ0n) is 17.9. The smallest absolute Gasteiger partial charge is 0.219 e. The Morgan fingerprint density at radius 1 is 1.28 bits per heavy atom. The first-order valence-corrected chi connectivity index (χ1v) is 11.7. The van der Waals surface area contributed by atoms with Crippen LogP contribution in [0.5, 0.6) is 5.88 Å². The van der Waals surface area contributed by atoms with E-state index in [2.05, 4.69) is 30.4 Å². The number of ether oxygens (including phenoxy) is 2. The molecule has 1 N–H and O–H groups in total. The van der Waals surface area contributed by atoms with Gasteiger partial charge in [0.25, 0.3) is 0 Å². The highest BCUT2D eigenvalue weighted by Gasteiger charge is 2.17. The molecule has 2 aliphatic heterocycles. The van der Waals surface area contributed by atoms with Gasteiger partial charge in [0.05, 0.1) is 36.8 Å². The second kappa shape index (κ2) is 11.0. The van der Waals surface area contributed by atoms with Crippen LogP contribution in [0.15, 0.2) is 57.6 Å². The average Bonchev–Trinajstić information content (AvgIpc) is 3.19. The molecule has 1 fully saturated rings. The van der Waals surface area contributed by atoms with Crippen LogP contribution in [0.2, 0.25) is 0 Å². The first-order chi connectivity index (χ1) is 15.7. The van der Waals surface area contributed by atoms with E-state index >= 15 is 0 Å². The molecule has 10 heteroatoms. The minimum atomic E-state index is -1.19. The fraction of sp³-hybridized carbons (Fsp3) is 0.364. The van der Waals surface area contributed by atoms with Crippen molar-refractivity contribution in [3.63, 3.8) is 0 Å². The van der Waals surface area contributed by atoms with Crippen molar-refractivity contribution in [2.24, 2.45) is 5.10 Å². The lowest BCUT2D eigenvalue weighted by Crippen LogP contribution is -2.37. The third kappa shape index (κ3) is 5.77. The van der Waals surface area contributed by atoms with Gasteiger partial charge in [-0.1, -0.05) is 13.0 Å². The molecule has 9 nitrogen and oxygen atoms in total. The second-order valence-corrected chi connectivity index (χ2v) is 8.60. The molecule has 0 radical (unpaired) electrons. The van der Waals surface area contributed by atoms with Gasteiger partial charge in [-0.15, -0.1) is 0 Å². The van der Waals surface area contributed by atoms with Crippen LogP contribution in [0.25, 0.3) is 0 Å². The summed E-state index contributed by atoms with van der Waals surface area (Å²) in [4.78, 5) is 16.4. The van der Waals surface area contributed by atoms with E-state index < -0.39 is 10.8 Å². The molecule has 1 unspecified atom stereocenters. The van der Waals surface area contributed by atoms with Gasteiger partial charge in [0.1, 0.15) is 10.8 Å². The number of allylic oxidation sites excluding steroid dienone is 3. The van der Waals surface area contributed by atoms with Crippen LogP contribution >= 0.6 is 0 Å². The Morgan fingerprint density at radius 3 is 2.91 bits per heavy atom. The van der Waals surface area contributed by atoms with Crippen LogP contribution in [0.1, 0.15) is 24.9 Å². The third-order valence-corrected chi connectivity index (χ3v) is 6.47. The predicted octanol–water partition coefficient (Wildman–Crippen LogP) is 2.15. The molecule has 0 aromatic carbocycles. The van der Waals surface area contributed by atoms with E-state index in [1.807, 2.05) is 37.3 Å². The zero-order valence-corrected chi connectivity index (χ0v) is 18.8. The van der Waals surface area contributed by atoms with Gasteiger partial charge in [-0.05, 0) is 30.7 Å². The summed E-state index contributed by atoms with van der Waals surface area (Å²) in [6, 6.07) is 7.64. The number of pyridine rings is 1. The molecule has 168 valence electrons. The molecule has 0 amide bonds. The Morgan fingerprint density at radius 2 is 2.16 bits per heavy atom. The highest BCUT2D eigenvalue weighted by atomic mass is 32.2. The summed E-state index contributed by atoms with van der Waals surface area (Å²) in [6.45, 7) is 5.22. The number of hydrogen-bond donors (Lipinski definition) is 1. The number of morpholine rings is 1. The normalized spacial score (nSPS) is 18.5. The Balaban J connectivity index is 1.45. The molecule has 32 heavy (non-hydrogen) atoms. The highest BCUT2D eigenvalue weighted by Crippen LogP contribution is 2.21. The number of hydrazone groups is 1. The standard InChI is InChI=1S/C22H26N6O3S/c1-2-18-6-7-22(32(18)29)27-24-16-19-25-20(28-10-13-30-14-11-28)15-21(26-19)31-12-8-17-5-3-4-9-23-17/h3-7,9,15-16,27H,2,8,10-14H2,1H3. The number of rotatable bonds is 9. The summed E-state index contributed by atoms with van der Waals surface area (Å²) in [6.07, 6.45) is 8.33. The molecule has 4 rings (SSSR count). The zero-order chi connectivity index (χ0) is 22.2. The summed E-state index contributed by atoms with van der Waals surface area (Å²) in [5, 5.41) is 4.74. The largest absolute Gasteiger partial charge is 0.477 e. The van der Waals surface area contributed by atoms with Crippen molar-refractivity contribution >= 4 is 22.8 Å². The highest BCUT2D eigenvalue weighted by molar-refractivity contribution is 7.93. The molecule has 0 spiro atoms. The minimum Gasteiger partial charge on any atom is -0.477 e. The van der Waals surface area contributed by atoms with Gasteiger partial charge < -0.3 is 14.4 Å². The van der Waals surface area contributed by atoms with Crippen molar-refractivity contribution in [3.8, 4) is 5.88 Å². The Labute approximate surface area is 189 Å². The van der Waals surface area contributed by atoms with E-state index in [9.17, 15) is 4.21 Å². The average molecular weight is 455 g/mol. The Bertz CT molecular complexity index is 1040. The summed E-state index contributed by atoms with van der Waals surface area (Å²) in [5.41, 5.74) is 3.80. The Kier molecular flexibility index (Phi) is 7.57. The van der Waals surface area contributed by atoms with Gasteiger partial charge in [0, 0.05) is 42.4 Å². The van der Waals surface area contributed by atoms with Gasteiger partial charge in [-0.25, -0.2) is 9.19 Å². The lowest BCUT2D eigenvalue weighted by Gasteiger charge is -2.28. The van der Waals surface area contributed by atoms with Crippen molar-refractivity contribution < 1.29 is 13.7 Å². The fourth-order valence-electron chi connectivity index (χ4n) is 3.24. The van der Waals surface area contributed by atoms with E-state index in [1.165, 1.54) is 6.21 Å². The van der Waals surface area contributed by atoms with E-state index in [0.29, 0.717) is 43.0 Å². The maximum absolute atomic E-state index is 12.3. The summed E-state index contributed by atoms with van der Waals surface area (Å²) < 4.78 is 23.6. The number of nitrogens with one attached hydrogen (secondary N) is 1. The fourth-order valence-corrected chi connectivity index (χ4v) is 4.30. The van der Waals surface area contributed by atoms with Crippen LogP contribution in [-0.4, -0.2) is 58.3 Å². The molecular formula is C22H26N6O3S. The van der Waals surface area contributed by atoms with Crippen LogP contribution in [0.4, 0.5) is 5.82 Å². The maximum Gasteiger partial charge on any atom is 0.219 e. The first kappa shape index (κ1) is 22.1. The molecule has 0 bridgehead atoms. The van der Waals surface area contributed by atoms with Gasteiger partial charge >= 0.3 is 0 Å². The molecule has 1 saturated heterocycles. The number of anilines is 1. The first-order valence-electron chi connectivity index (χ1n) is 10.6. The van der Waals surface area contributed by atoms with E-state index in [1.54, 1.807) is 12.3 Å². The third-order valence-electron chi connectivity index (χ3n) is 4.94. The topological polar surface area (TPSA) is 102 Å². The van der Waals surface area contributed by atoms with Gasteiger partial charge in [-0.3, -0.25) is 10.4 Å². The van der Waals surface area contributed by atoms with Crippen LogP contribution in [0, 0.1) is 0 Å². The summed E-state index contributed by atoms with van der Waals surface area (Å²) in [5.74, 6) is 1.64. The number of nitrogens with zero attached hydrogens (tertiary/aromatic N) is 5. The van der Waals surface area contributed by atoms with Crippen molar-refractivity contribution in [1.29, 1.82) is 0 Å². The van der Waals surface area contributed by atoms with Gasteiger partial charge in [-0.2, -0.15) is 10.1 Å². The molecule has 2 aromatic heterocycles. The van der Waals surface area contributed by atoms with Crippen LogP contribution in [0.3, 0.4) is 0 Å². The SMILES string of the molecule is CCC1=CC=C(NN=Cc2nc(OCCc3ccccn3)cc(N3CCOCC3)n2)S1=O. The predicted molar refractivity (Wildman–Crippen MR) is 124 cm³/mol. The lowest BCUT2D eigenvalue weighted by molar-refractivity contribution is 0.122. The molecule has 2 aliphatic rings. The van der Waals surface area contributed by atoms with Crippen LogP contribution in [-0.2, 0) is 22.0 Å². The molecule has 2 aromatic rings. The van der Waals surface area contributed by atoms with E-state index in [-0.39, 0.29) is 0 Å². The van der Waals surface area contributed by atoms with Crippen LogP contribution < -0.4 is 15.1 Å². The Hall–Kier alpha value is -3.11. The molecule has 1 atom stereocenters. The lowest BCUT2D eigenvalue weighted by atomic mass is 10.3. The van der Waals surface area contributed by atoms with Crippen molar-refractivity contribution in [2.75, 3.05) is 37.8 Å². The summed E-state index contributed by atoms with van der Waals surface area (Å²) >= 11 is 0. The van der Waals surface area contributed by atoms with E-state index in [4.69, 9.17) is 9.47 Å². The molecule has 0 aliphatic carbocycles.